The van der Waals surface area contributed by atoms with Crippen molar-refractivity contribution in [2.75, 3.05) is 12.4 Å². The molecule has 0 saturated heterocycles. The van der Waals surface area contributed by atoms with Crippen molar-refractivity contribution in [3.8, 4) is 0 Å². The fourth-order valence-electron chi connectivity index (χ4n) is 3.30. The van der Waals surface area contributed by atoms with Crippen LogP contribution in [0.25, 0.3) is 0 Å². The largest absolute Gasteiger partial charge is 0.464 e. The zero-order chi connectivity index (χ0) is 20.5. The number of carbonyl (C=O) groups excluding carboxylic acids is 2. The van der Waals surface area contributed by atoms with E-state index in [0.29, 0.717) is 5.92 Å². The number of esters is 1. The van der Waals surface area contributed by atoms with Crippen LogP contribution in [0, 0.1) is 0 Å². The highest BCUT2D eigenvalue weighted by Crippen LogP contribution is 2.37. The highest BCUT2D eigenvalue weighted by molar-refractivity contribution is 6.13. The second kappa shape index (κ2) is 7.34. The summed E-state index contributed by atoms with van der Waals surface area (Å²) in [7, 11) is 1.25. The number of benzene rings is 1. The minimum absolute atomic E-state index is 0.0193. The SMILES string of the molecule is COC(=O)C1=C(C(=O)c2ccco2)[C@H](c2ccc(C(C)C)cc2)n2nnnc2N1. The third-order valence-electron chi connectivity index (χ3n) is 4.81. The first-order chi connectivity index (χ1) is 14.0. The predicted molar refractivity (Wildman–Crippen MR) is 102 cm³/mol. The topological polar surface area (TPSA) is 112 Å². The Morgan fingerprint density at radius 3 is 2.59 bits per heavy atom. The van der Waals surface area contributed by atoms with Crippen molar-refractivity contribution < 1.29 is 18.7 Å². The molecule has 1 aliphatic heterocycles. The number of furan rings is 1. The van der Waals surface area contributed by atoms with Gasteiger partial charge in [0.1, 0.15) is 11.7 Å². The van der Waals surface area contributed by atoms with Crippen LogP contribution >= 0.6 is 0 Å². The van der Waals surface area contributed by atoms with Gasteiger partial charge in [-0.2, -0.15) is 4.68 Å². The fraction of sp³-hybridized carbons (Fsp3) is 0.250. The molecule has 1 N–H and O–H groups in total. The molecule has 0 aliphatic carbocycles. The Hall–Kier alpha value is -3.75. The van der Waals surface area contributed by atoms with Crippen LogP contribution < -0.4 is 5.32 Å². The van der Waals surface area contributed by atoms with E-state index in [4.69, 9.17) is 9.15 Å². The summed E-state index contributed by atoms with van der Waals surface area (Å²) in [6, 6.07) is 10.2. The van der Waals surface area contributed by atoms with Gasteiger partial charge in [-0.25, -0.2) is 4.79 Å². The number of aromatic nitrogens is 4. The number of hydrogen-bond donors (Lipinski definition) is 1. The first kappa shape index (κ1) is 18.6. The Morgan fingerprint density at radius 2 is 1.97 bits per heavy atom. The molecule has 3 heterocycles. The van der Waals surface area contributed by atoms with Crippen molar-refractivity contribution in [1.29, 1.82) is 0 Å². The smallest absolute Gasteiger partial charge is 0.355 e. The fourth-order valence-corrected chi connectivity index (χ4v) is 3.30. The molecule has 2 aromatic heterocycles. The van der Waals surface area contributed by atoms with Crippen LogP contribution in [0.5, 0.6) is 0 Å². The van der Waals surface area contributed by atoms with Crippen LogP contribution in [0.15, 0.2) is 58.3 Å². The van der Waals surface area contributed by atoms with Crippen molar-refractivity contribution in [1.82, 2.24) is 20.2 Å². The first-order valence-electron chi connectivity index (χ1n) is 9.06. The number of anilines is 1. The van der Waals surface area contributed by atoms with Crippen molar-refractivity contribution in [2.24, 2.45) is 0 Å². The standard InChI is InChI=1S/C20H19N5O4/c1-11(2)12-6-8-13(9-7-12)17-15(18(26)14-5-4-10-29-14)16(19(27)28-3)21-20-22-23-24-25(17)20/h4-11,17H,1-3H3,(H,21,22,24)/t17-/m0/s1. The van der Waals surface area contributed by atoms with E-state index in [9.17, 15) is 9.59 Å². The molecule has 1 atom stereocenters. The van der Waals surface area contributed by atoms with Gasteiger partial charge in [0.05, 0.1) is 18.9 Å². The first-order valence-corrected chi connectivity index (χ1v) is 9.06. The molecule has 3 aromatic rings. The summed E-state index contributed by atoms with van der Waals surface area (Å²) in [5, 5.41) is 14.5. The van der Waals surface area contributed by atoms with Crippen molar-refractivity contribution >= 4 is 17.7 Å². The molecule has 0 radical (unpaired) electrons. The molecule has 0 fully saturated rings. The zero-order valence-electron chi connectivity index (χ0n) is 16.1. The van der Waals surface area contributed by atoms with Gasteiger partial charge in [-0.05, 0) is 39.6 Å². The molecular weight excluding hydrogens is 374 g/mol. The monoisotopic (exact) mass is 393 g/mol. The van der Waals surface area contributed by atoms with Gasteiger partial charge in [-0.3, -0.25) is 4.79 Å². The number of Topliss-reactive ketones (excluding diaryl/α,β-unsaturated/α-hetero) is 1. The summed E-state index contributed by atoms with van der Waals surface area (Å²) >= 11 is 0. The average molecular weight is 393 g/mol. The number of hydrogen-bond acceptors (Lipinski definition) is 8. The van der Waals surface area contributed by atoms with E-state index in [2.05, 4.69) is 34.7 Å². The number of allylic oxidation sites excluding steroid dienone is 1. The molecule has 9 nitrogen and oxygen atoms in total. The van der Waals surface area contributed by atoms with Gasteiger partial charge in [0.2, 0.25) is 11.7 Å². The Bertz CT molecular complexity index is 1080. The molecule has 29 heavy (non-hydrogen) atoms. The summed E-state index contributed by atoms with van der Waals surface area (Å²) in [5.74, 6) is -0.464. The van der Waals surface area contributed by atoms with Crippen LogP contribution in [0.4, 0.5) is 5.95 Å². The van der Waals surface area contributed by atoms with Gasteiger partial charge in [0, 0.05) is 0 Å². The summed E-state index contributed by atoms with van der Waals surface area (Å²) < 4.78 is 11.6. The highest BCUT2D eigenvalue weighted by Gasteiger charge is 2.39. The molecular formula is C20H19N5O4. The maximum atomic E-state index is 13.3. The number of ketones is 1. The minimum atomic E-state index is -0.728. The van der Waals surface area contributed by atoms with Crippen molar-refractivity contribution in [2.45, 2.75) is 25.8 Å². The quantitative estimate of drug-likeness (QED) is 0.520. The predicted octanol–water partition coefficient (Wildman–Crippen LogP) is 2.71. The molecule has 148 valence electrons. The summed E-state index contributed by atoms with van der Waals surface area (Å²) in [6.07, 6.45) is 1.40. The molecule has 1 aliphatic rings. The van der Waals surface area contributed by atoms with Gasteiger partial charge < -0.3 is 14.5 Å². The van der Waals surface area contributed by atoms with Crippen molar-refractivity contribution in [3.05, 3.63) is 70.8 Å². The Balaban J connectivity index is 1.92. The maximum absolute atomic E-state index is 13.3. The molecule has 0 bridgehead atoms. The van der Waals surface area contributed by atoms with E-state index >= 15 is 0 Å². The number of ether oxygens (including phenoxy) is 1. The van der Waals surface area contributed by atoms with E-state index in [0.717, 1.165) is 11.1 Å². The van der Waals surface area contributed by atoms with E-state index in [1.54, 1.807) is 6.07 Å². The van der Waals surface area contributed by atoms with Gasteiger partial charge >= 0.3 is 5.97 Å². The molecule has 4 rings (SSSR count). The van der Waals surface area contributed by atoms with Gasteiger partial charge in [-0.15, -0.1) is 0 Å². The van der Waals surface area contributed by atoms with E-state index in [-0.39, 0.29) is 23.0 Å². The number of nitrogens with one attached hydrogen (secondary N) is 1. The lowest BCUT2D eigenvalue weighted by atomic mass is 9.90. The molecule has 0 unspecified atom stereocenters. The van der Waals surface area contributed by atoms with Gasteiger partial charge in [0.25, 0.3) is 0 Å². The molecule has 1 aromatic carbocycles. The van der Waals surface area contributed by atoms with Crippen LogP contribution in [0.3, 0.4) is 0 Å². The minimum Gasteiger partial charge on any atom is -0.464 e. The lowest BCUT2D eigenvalue weighted by molar-refractivity contribution is -0.136. The zero-order valence-corrected chi connectivity index (χ0v) is 16.1. The van der Waals surface area contributed by atoms with Crippen LogP contribution in [0.2, 0.25) is 0 Å². The van der Waals surface area contributed by atoms with Gasteiger partial charge in [0.15, 0.2) is 5.76 Å². The number of rotatable bonds is 5. The van der Waals surface area contributed by atoms with Crippen LogP contribution in [0.1, 0.15) is 47.5 Å². The summed E-state index contributed by atoms with van der Waals surface area (Å²) in [5.41, 5.74) is 2.02. The number of fused-ring (bicyclic) bond motifs is 1. The van der Waals surface area contributed by atoms with E-state index in [1.165, 1.54) is 24.1 Å². The van der Waals surface area contributed by atoms with E-state index < -0.39 is 17.8 Å². The summed E-state index contributed by atoms with van der Waals surface area (Å²) in [6.45, 7) is 4.19. The highest BCUT2D eigenvalue weighted by atomic mass is 16.5. The molecule has 0 spiro atoms. The second-order valence-corrected chi connectivity index (χ2v) is 6.88. The Kier molecular flexibility index (Phi) is 4.71. The second-order valence-electron chi connectivity index (χ2n) is 6.88. The maximum Gasteiger partial charge on any atom is 0.355 e. The number of tetrazole rings is 1. The number of methoxy groups -OCH3 is 1. The lowest BCUT2D eigenvalue weighted by Gasteiger charge is -2.27. The summed E-state index contributed by atoms with van der Waals surface area (Å²) in [4.78, 5) is 25.8. The Morgan fingerprint density at radius 1 is 1.21 bits per heavy atom. The average Bonchev–Trinajstić information content (AvgIpc) is 3.43. The molecule has 9 heteroatoms. The molecule has 0 saturated carbocycles. The number of carbonyl (C=O) groups is 2. The van der Waals surface area contributed by atoms with E-state index in [1.807, 2.05) is 24.3 Å². The Labute approximate surface area is 166 Å². The third-order valence-corrected chi connectivity index (χ3v) is 4.81. The third kappa shape index (κ3) is 3.20. The normalized spacial score (nSPS) is 15.8. The molecule has 0 amide bonds. The van der Waals surface area contributed by atoms with Crippen LogP contribution in [-0.4, -0.2) is 39.1 Å². The van der Waals surface area contributed by atoms with Gasteiger partial charge in [-0.1, -0.05) is 43.2 Å². The number of nitrogens with zero attached hydrogens (tertiary/aromatic N) is 4. The van der Waals surface area contributed by atoms with Crippen molar-refractivity contribution in [3.63, 3.8) is 0 Å². The van der Waals surface area contributed by atoms with Crippen LogP contribution in [-0.2, 0) is 9.53 Å². The lowest BCUT2D eigenvalue weighted by Crippen LogP contribution is -2.32.